The molecule has 5 rings (SSSR count). The molecule has 1 N–H and O–H groups in total. The third-order valence-corrected chi connectivity index (χ3v) is 6.89. The summed E-state index contributed by atoms with van der Waals surface area (Å²) in [5.74, 6) is 2.86. The molecular formula is C17H23NOS. The lowest BCUT2D eigenvalue weighted by Crippen LogP contribution is -2.53. The smallest absolute Gasteiger partial charge is 0.226 e. The third kappa shape index (κ3) is 2.02. The number of nitrogens with one attached hydrogen (secondary N) is 1. The van der Waals surface area contributed by atoms with Crippen LogP contribution in [-0.2, 0) is 4.79 Å². The fourth-order valence-electron chi connectivity index (χ4n) is 5.35. The molecule has 0 spiro atoms. The van der Waals surface area contributed by atoms with Crippen molar-refractivity contribution in [1.29, 1.82) is 0 Å². The van der Waals surface area contributed by atoms with Gasteiger partial charge in [-0.25, -0.2) is 0 Å². The van der Waals surface area contributed by atoms with Crippen molar-refractivity contribution in [2.24, 2.45) is 23.2 Å². The molecule has 0 aliphatic heterocycles. The number of hydrogen-bond donors (Lipinski definition) is 1. The highest BCUT2D eigenvalue weighted by molar-refractivity contribution is 7.10. The van der Waals surface area contributed by atoms with Crippen LogP contribution in [0.3, 0.4) is 0 Å². The van der Waals surface area contributed by atoms with Crippen LogP contribution in [0, 0.1) is 23.2 Å². The van der Waals surface area contributed by atoms with E-state index in [1.54, 1.807) is 11.3 Å². The van der Waals surface area contributed by atoms with Crippen molar-refractivity contribution in [3.8, 4) is 0 Å². The lowest BCUT2D eigenvalue weighted by Gasteiger charge is -2.55. The minimum Gasteiger partial charge on any atom is -0.348 e. The van der Waals surface area contributed by atoms with Gasteiger partial charge in [-0.15, -0.1) is 11.3 Å². The molecule has 4 aliphatic carbocycles. The average Bonchev–Trinajstić information content (AvgIpc) is 2.90. The van der Waals surface area contributed by atoms with Gasteiger partial charge in [-0.05, 0) is 74.6 Å². The van der Waals surface area contributed by atoms with Crippen LogP contribution in [0.5, 0.6) is 0 Å². The van der Waals surface area contributed by atoms with E-state index < -0.39 is 0 Å². The van der Waals surface area contributed by atoms with Gasteiger partial charge in [0.1, 0.15) is 0 Å². The van der Waals surface area contributed by atoms with E-state index in [4.69, 9.17) is 0 Å². The fraction of sp³-hybridized carbons (Fsp3) is 0.706. The van der Waals surface area contributed by atoms with Gasteiger partial charge in [0.05, 0.1) is 6.04 Å². The van der Waals surface area contributed by atoms with Gasteiger partial charge in [-0.3, -0.25) is 4.79 Å². The summed E-state index contributed by atoms with van der Waals surface area (Å²) >= 11 is 1.74. The summed E-state index contributed by atoms with van der Waals surface area (Å²) < 4.78 is 0. The molecule has 3 heteroatoms. The molecule has 20 heavy (non-hydrogen) atoms. The highest BCUT2D eigenvalue weighted by Gasteiger charge is 2.54. The second kappa shape index (κ2) is 4.59. The Morgan fingerprint density at radius 3 is 2.35 bits per heavy atom. The van der Waals surface area contributed by atoms with Crippen molar-refractivity contribution in [2.75, 3.05) is 0 Å². The summed E-state index contributed by atoms with van der Waals surface area (Å²) in [4.78, 5) is 14.2. The van der Waals surface area contributed by atoms with E-state index in [1.807, 2.05) is 0 Å². The van der Waals surface area contributed by atoms with Crippen LogP contribution in [0.1, 0.15) is 56.4 Å². The predicted octanol–water partition coefficient (Wildman–Crippen LogP) is 4.14. The quantitative estimate of drug-likeness (QED) is 0.890. The van der Waals surface area contributed by atoms with Gasteiger partial charge in [0, 0.05) is 10.3 Å². The van der Waals surface area contributed by atoms with Gasteiger partial charge in [0.15, 0.2) is 0 Å². The SMILES string of the molecule is C[C@@H](NC(=O)C12CC3CC(CC(C3)C1)C2)c1cccs1. The largest absolute Gasteiger partial charge is 0.348 e. The van der Waals surface area contributed by atoms with Crippen molar-refractivity contribution in [2.45, 2.75) is 51.5 Å². The molecule has 4 saturated carbocycles. The minimum absolute atomic E-state index is 0.0136. The predicted molar refractivity (Wildman–Crippen MR) is 81.5 cm³/mol. The molecule has 0 aromatic carbocycles. The molecule has 0 unspecified atom stereocenters. The molecule has 4 aliphatic rings. The number of amides is 1. The molecule has 0 radical (unpaired) electrons. The maximum Gasteiger partial charge on any atom is 0.226 e. The molecule has 0 saturated heterocycles. The summed E-state index contributed by atoms with van der Waals surface area (Å²) in [6, 6.07) is 4.35. The van der Waals surface area contributed by atoms with Crippen LogP contribution in [0.4, 0.5) is 0 Å². The zero-order valence-electron chi connectivity index (χ0n) is 12.1. The van der Waals surface area contributed by atoms with Crippen molar-refractivity contribution in [3.05, 3.63) is 22.4 Å². The number of carbonyl (C=O) groups excluding carboxylic acids is 1. The van der Waals surface area contributed by atoms with Crippen LogP contribution >= 0.6 is 11.3 Å². The molecule has 1 atom stereocenters. The van der Waals surface area contributed by atoms with Gasteiger partial charge < -0.3 is 5.32 Å². The van der Waals surface area contributed by atoms with Gasteiger partial charge in [-0.2, -0.15) is 0 Å². The Balaban J connectivity index is 1.51. The molecular weight excluding hydrogens is 266 g/mol. The second-order valence-corrected chi connectivity index (χ2v) is 8.39. The van der Waals surface area contributed by atoms with E-state index in [2.05, 4.69) is 29.8 Å². The Hall–Kier alpha value is -0.830. The number of hydrogen-bond acceptors (Lipinski definition) is 2. The van der Waals surface area contributed by atoms with Crippen LogP contribution in [0.15, 0.2) is 17.5 Å². The Bertz CT molecular complexity index is 472. The first kappa shape index (κ1) is 12.9. The second-order valence-electron chi connectivity index (χ2n) is 7.41. The number of carbonyl (C=O) groups is 1. The minimum atomic E-state index is -0.0136. The first-order chi connectivity index (χ1) is 9.64. The van der Waals surface area contributed by atoms with E-state index in [1.165, 1.54) is 24.1 Å². The third-order valence-electron chi connectivity index (χ3n) is 5.84. The Labute approximate surface area is 125 Å². The first-order valence-corrected chi connectivity index (χ1v) is 8.87. The Morgan fingerprint density at radius 2 is 1.85 bits per heavy atom. The van der Waals surface area contributed by atoms with Gasteiger partial charge in [0.25, 0.3) is 0 Å². The molecule has 2 nitrogen and oxygen atoms in total. The van der Waals surface area contributed by atoms with E-state index in [0.29, 0.717) is 5.91 Å². The maximum absolute atomic E-state index is 12.9. The number of rotatable bonds is 3. The first-order valence-electron chi connectivity index (χ1n) is 7.99. The van der Waals surface area contributed by atoms with Crippen LogP contribution < -0.4 is 5.32 Å². The van der Waals surface area contributed by atoms with Gasteiger partial charge >= 0.3 is 0 Å². The molecule has 1 heterocycles. The Kier molecular flexibility index (Phi) is 2.95. The fourth-order valence-corrected chi connectivity index (χ4v) is 6.08. The van der Waals surface area contributed by atoms with E-state index >= 15 is 0 Å². The highest BCUT2D eigenvalue weighted by atomic mass is 32.1. The topological polar surface area (TPSA) is 29.1 Å². The van der Waals surface area contributed by atoms with Crippen LogP contribution in [0.2, 0.25) is 0 Å². The van der Waals surface area contributed by atoms with Crippen LogP contribution in [0.25, 0.3) is 0 Å². The summed E-state index contributed by atoms with van der Waals surface area (Å²) in [5.41, 5.74) is -0.0136. The zero-order chi connectivity index (χ0) is 13.7. The van der Waals surface area contributed by atoms with E-state index in [9.17, 15) is 4.79 Å². The van der Waals surface area contributed by atoms with E-state index in [-0.39, 0.29) is 11.5 Å². The normalized spacial score (nSPS) is 39.8. The summed E-state index contributed by atoms with van der Waals surface area (Å²) in [7, 11) is 0. The van der Waals surface area contributed by atoms with Crippen LogP contribution in [-0.4, -0.2) is 5.91 Å². The monoisotopic (exact) mass is 289 g/mol. The van der Waals surface area contributed by atoms with Crippen molar-refractivity contribution in [1.82, 2.24) is 5.32 Å². The van der Waals surface area contributed by atoms with Gasteiger partial charge in [0.2, 0.25) is 5.91 Å². The molecule has 1 aromatic rings. The van der Waals surface area contributed by atoms with Crippen molar-refractivity contribution in [3.63, 3.8) is 0 Å². The molecule has 1 amide bonds. The maximum atomic E-state index is 12.9. The molecule has 4 bridgehead atoms. The zero-order valence-corrected chi connectivity index (χ0v) is 12.9. The summed E-state index contributed by atoms with van der Waals surface area (Å²) in [5, 5.41) is 5.40. The molecule has 108 valence electrons. The lowest BCUT2D eigenvalue weighted by atomic mass is 9.49. The molecule has 1 aromatic heterocycles. The van der Waals surface area contributed by atoms with E-state index in [0.717, 1.165) is 37.0 Å². The summed E-state index contributed by atoms with van der Waals surface area (Å²) in [6.45, 7) is 2.12. The Morgan fingerprint density at radius 1 is 1.25 bits per heavy atom. The van der Waals surface area contributed by atoms with Crippen molar-refractivity contribution < 1.29 is 4.79 Å². The average molecular weight is 289 g/mol. The van der Waals surface area contributed by atoms with Gasteiger partial charge in [-0.1, -0.05) is 6.07 Å². The van der Waals surface area contributed by atoms with Crippen molar-refractivity contribution >= 4 is 17.2 Å². The highest BCUT2D eigenvalue weighted by Crippen LogP contribution is 2.60. The number of thiophene rings is 1. The summed E-state index contributed by atoms with van der Waals surface area (Å²) in [6.07, 6.45) is 7.65. The molecule has 4 fully saturated rings. The standard InChI is InChI=1S/C17H23NOS/c1-11(15-3-2-4-20-15)18-16(19)17-8-12-5-13(9-17)7-14(6-12)10-17/h2-4,11-14H,5-10H2,1H3,(H,18,19)/t11-,12?,13?,14?,17?/m1/s1. The lowest BCUT2D eigenvalue weighted by molar-refractivity contribution is -0.146.